The monoisotopic (exact) mass is 302 g/mol. The van der Waals surface area contributed by atoms with E-state index in [0.29, 0.717) is 11.5 Å². The van der Waals surface area contributed by atoms with Crippen molar-refractivity contribution < 1.29 is 14.9 Å². The van der Waals surface area contributed by atoms with Gasteiger partial charge in [-0.1, -0.05) is 45.4 Å². The van der Waals surface area contributed by atoms with Crippen molar-refractivity contribution in [3.63, 3.8) is 0 Å². The minimum Gasteiger partial charge on any atom is -0.509 e. The molecule has 0 bridgehead atoms. The molecule has 3 heteroatoms. The topological polar surface area (TPSA) is 49.7 Å². The molecule has 120 valence electrons. The molecule has 22 heavy (non-hydrogen) atoms. The number of methoxy groups -OCH3 is 1. The molecule has 3 nitrogen and oxygen atoms in total. The van der Waals surface area contributed by atoms with Crippen molar-refractivity contribution in [1.82, 2.24) is 0 Å². The van der Waals surface area contributed by atoms with E-state index in [0.717, 1.165) is 12.0 Å². The smallest absolute Gasteiger partial charge is 0.140 e. The fourth-order valence-corrected chi connectivity index (χ4v) is 2.77. The summed E-state index contributed by atoms with van der Waals surface area (Å²) in [6.45, 7) is 8.23. The summed E-state index contributed by atoms with van der Waals surface area (Å²) in [7, 11) is 1.55. The van der Waals surface area contributed by atoms with E-state index in [4.69, 9.17) is 4.74 Å². The highest BCUT2D eigenvalue weighted by atomic mass is 16.5. The van der Waals surface area contributed by atoms with E-state index in [-0.39, 0.29) is 16.9 Å². The Labute approximate surface area is 133 Å². The van der Waals surface area contributed by atoms with E-state index in [1.54, 1.807) is 26.2 Å². The molecule has 2 aliphatic rings. The summed E-state index contributed by atoms with van der Waals surface area (Å²) < 4.78 is 5.38. The largest absolute Gasteiger partial charge is 0.509 e. The molecule has 0 aromatic rings. The fraction of sp³-hybridized carbons (Fsp3) is 0.474. The predicted octanol–water partition coefficient (Wildman–Crippen LogP) is 4.76. The van der Waals surface area contributed by atoms with Gasteiger partial charge in [-0.2, -0.15) is 0 Å². The van der Waals surface area contributed by atoms with Crippen molar-refractivity contribution in [3.05, 3.63) is 59.1 Å². The van der Waals surface area contributed by atoms with Gasteiger partial charge < -0.3 is 14.9 Å². The van der Waals surface area contributed by atoms with Crippen LogP contribution in [0.1, 0.15) is 34.1 Å². The number of aliphatic hydroxyl groups is 2. The van der Waals surface area contributed by atoms with Crippen LogP contribution in [0.5, 0.6) is 0 Å². The Morgan fingerprint density at radius 2 is 1.86 bits per heavy atom. The summed E-state index contributed by atoms with van der Waals surface area (Å²) in [6, 6.07) is 0. The molecule has 0 aromatic carbocycles. The first-order valence-corrected chi connectivity index (χ1v) is 7.77. The molecule has 2 aliphatic carbocycles. The van der Waals surface area contributed by atoms with E-state index in [1.165, 1.54) is 0 Å². The number of aliphatic hydroxyl groups excluding tert-OH is 2. The summed E-state index contributed by atoms with van der Waals surface area (Å²) in [5, 5.41) is 20.9. The highest BCUT2D eigenvalue weighted by molar-refractivity contribution is 5.55. The third-order valence-electron chi connectivity index (χ3n) is 5.12. The first-order valence-electron chi connectivity index (χ1n) is 7.77. The minimum absolute atomic E-state index is 0.126. The van der Waals surface area contributed by atoms with Crippen molar-refractivity contribution >= 4 is 0 Å². The van der Waals surface area contributed by atoms with Gasteiger partial charge in [0, 0.05) is 18.1 Å². The lowest BCUT2D eigenvalue weighted by Crippen LogP contribution is -2.26. The summed E-state index contributed by atoms with van der Waals surface area (Å²) in [6.07, 6.45) is 12.3. The zero-order valence-corrected chi connectivity index (χ0v) is 14.1. The molecule has 0 heterocycles. The van der Waals surface area contributed by atoms with Crippen LogP contribution in [-0.2, 0) is 4.74 Å². The Kier molecular flexibility index (Phi) is 4.39. The molecule has 0 fully saturated rings. The SMILES string of the molecule is CCC(C)C1(C)C=CC2=C(C=CC(C)(OC)C(O)=C2)C(O)=C1. The van der Waals surface area contributed by atoms with Crippen molar-refractivity contribution in [1.29, 1.82) is 0 Å². The van der Waals surface area contributed by atoms with Crippen LogP contribution in [0, 0.1) is 11.3 Å². The van der Waals surface area contributed by atoms with Crippen LogP contribution in [0.2, 0.25) is 0 Å². The molecule has 0 radical (unpaired) electrons. The lowest BCUT2D eigenvalue weighted by Gasteiger charge is -2.29. The molecular weight excluding hydrogens is 276 g/mol. The number of allylic oxidation sites excluding steroid dienone is 6. The Morgan fingerprint density at radius 3 is 2.45 bits per heavy atom. The summed E-state index contributed by atoms with van der Waals surface area (Å²) in [5.74, 6) is 0.768. The average Bonchev–Trinajstić information content (AvgIpc) is 2.69. The number of hydrogen-bond donors (Lipinski definition) is 2. The second-order valence-electron chi connectivity index (χ2n) is 6.58. The maximum absolute atomic E-state index is 10.6. The van der Waals surface area contributed by atoms with Gasteiger partial charge in [0.05, 0.1) is 0 Å². The van der Waals surface area contributed by atoms with Gasteiger partial charge in [0.25, 0.3) is 0 Å². The normalized spacial score (nSPS) is 32.8. The third-order valence-corrected chi connectivity index (χ3v) is 5.12. The zero-order valence-electron chi connectivity index (χ0n) is 14.1. The molecule has 0 aromatic heterocycles. The highest BCUT2D eigenvalue weighted by Gasteiger charge is 2.32. The molecule has 0 saturated heterocycles. The second-order valence-corrected chi connectivity index (χ2v) is 6.58. The maximum Gasteiger partial charge on any atom is 0.140 e. The molecule has 0 spiro atoms. The Hall–Kier alpha value is -1.74. The molecule has 3 unspecified atom stereocenters. The van der Waals surface area contributed by atoms with Gasteiger partial charge in [-0.05, 0) is 36.6 Å². The van der Waals surface area contributed by atoms with E-state index in [9.17, 15) is 10.2 Å². The predicted molar refractivity (Wildman–Crippen MR) is 89.7 cm³/mol. The van der Waals surface area contributed by atoms with Crippen molar-refractivity contribution in [3.8, 4) is 0 Å². The first kappa shape index (κ1) is 16.6. The van der Waals surface area contributed by atoms with Gasteiger partial charge in [-0.15, -0.1) is 0 Å². The van der Waals surface area contributed by atoms with Crippen molar-refractivity contribution in [2.75, 3.05) is 7.11 Å². The van der Waals surface area contributed by atoms with E-state index < -0.39 is 5.60 Å². The Morgan fingerprint density at radius 1 is 1.18 bits per heavy atom. The van der Waals surface area contributed by atoms with Crippen molar-refractivity contribution in [2.24, 2.45) is 11.3 Å². The third kappa shape index (κ3) is 2.78. The lowest BCUT2D eigenvalue weighted by molar-refractivity contribution is 0.0442. The summed E-state index contributed by atoms with van der Waals surface area (Å²) in [5.41, 5.74) is 0.402. The van der Waals surface area contributed by atoms with Crippen LogP contribution >= 0.6 is 0 Å². The quantitative estimate of drug-likeness (QED) is 0.790. The number of rotatable bonds is 3. The van der Waals surface area contributed by atoms with Crippen LogP contribution in [0.25, 0.3) is 0 Å². The molecule has 3 atom stereocenters. The Balaban J connectivity index is 2.53. The Bertz CT molecular complexity index is 606. The second kappa shape index (κ2) is 5.81. The lowest BCUT2D eigenvalue weighted by atomic mass is 9.76. The van der Waals surface area contributed by atoms with Gasteiger partial charge in [0.15, 0.2) is 0 Å². The average molecular weight is 302 g/mol. The maximum atomic E-state index is 10.6. The number of ether oxygens (including phenoxy) is 1. The van der Waals surface area contributed by atoms with E-state index in [1.807, 2.05) is 18.2 Å². The molecule has 0 saturated carbocycles. The minimum atomic E-state index is -0.875. The van der Waals surface area contributed by atoms with Crippen LogP contribution in [0.3, 0.4) is 0 Å². The molecule has 0 amide bonds. The van der Waals surface area contributed by atoms with Crippen LogP contribution in [-0.4, -0.2) is 22.9 Å². The van der Waals surface area contributed by atoms with Gasteiger partial charge in [0.1, 0.15) is 17.1 Å². The fourth-order valence-electron chi connectivity index (χ4n) is 2.77. The van der Waals surface area contributed by atoms with Gasteiger partial charge in [0.2, 0.25) is 0 Å². The zero-order chi connectivity index (χ0) is 16.5. The van der Waals surface area contributed by atoms with Gasteiger partial charge in [-0.25, -0.2) is 0 Å². The van der Waals surface area contributed by atoms with Crippen molar-refractivity contribution in [2.45, 2.75) is 39.7 Å². The van der Waals surface area contributed by atoms with Crippen LogP contribution in [0.15, 0.2) is 59.1 Å². The molecule has 2 rings (SSSR count). The van der Waals surface area contributed by atoms with Crippen LogP contribution < -0.4 is 0 Å². The van der Waals surface area contributed by atoms with E-state index in [2.05, 4.69) is 26.8 Å². The summed E-state index contributed by atoms with van der Waals surface area (Å²) >= 11 is 0. The number of hydrogen-bond acceptors (Lipinski definition) is 3. The first-order chi connectivity index (χ1) is 10.3. The standard InChI is InChI=1S/C19H26O3/c1-6-13(2)18(3)9-7-14-11-17(21)19(4,22-5)10-8-15(14)16(20)12-18/h7-13,20-21H,6H2,1-5H3. The molecule has 0 aliphatic heterocycles. The van der Waals surface area contributed by atoms with E-state index >= 15 is 0 Å². The summed E-state index contributed by atoms with van der Waals surface area (Å²) in [4.78, 5) is 0. The van der Waals surface area contributed by atoms with Gasteiger partial charge >= 0.3 is 0 Å². The highest BCUT2D eigenvalue weighted by Crippen LogP contribution is 2.39. The van der Waals surface area contributed by atoms with Crippen LogP contribution in [0.4, 0.5) is 0 Å². The molecule has 2 N–H and O–H groups in total. The van der Waals surface area contributed by atoms with Gasteiger partial charge in [-0.3, -0.25) is 0 Å². The molecular formula is C19H26O3.